The Hall–Kier alpha value is -2.93. The number of pyridine rings is 1. The molecule has 3 aromatic rings. The van der Waals surface area contributed by atoms with Crippen LogP contribution in [0.1, 0.15) is 26.3 Å². The van der Waals surface area contributed by atoms with E-state index >= 15 is 0 Å². The van der Waals surface area contributed by atoms with Crippen LogP contribution in [0.4, 0.5) is 21.6 Å². The van der Waals surface area contributed by atoms with Gasteiger partial charge >= 0.3 is 0 Å². The van der Waals surface area contributed by atoms with Gasteiger partial charge in [0.15, 0.2) is 0 Å². The lowest BCUT2D eigenvalue weighted by Gasteiger charge is -2.19. The number of rotatable bonds is 5. The Bertz CT molecular complexity index is 1040. The van der Waals surface area contributed by atoms with Crippen molar-refractivity contribution < 1.29 is 12.8 Å². The molecule has 0 saturated heterocycles. The maximum absolute atomic E-state index is 13.0. The molecule has 0 amide bonds. The van der Waals surface area contributed by atoms with Gasteiger partial charge in [0, 0.05) is 5.69 Å². The fraction of sp³-hybridized carbons (Fsp3) is 0.190. The van der Waals surface area contributed by atoms with E-state index in [2.05, 4.69) is 35.8 Å². The molecule has 3 rings (SSSR count). The van der Waals surface area contributed by atoms with E-state index in [4.69, 9.17) is 0 Å². The van der Waals surface area contributed by atoms with Gasteiger partial charge in [0.25, 0.3) is 10.0 Å². The van der Waals surface area contributed by atoms with Gasteiger partial charge in [-0.05, 0) is 59.5 Å². The van der Waals surface area contributed by atoms with Gasteiger partial charge in [-0.3, -0.25) is 4.72 Å². The second kappa shape index (κ2) is 7.59. The van der Waals surface area contributed by atoms with Crippen molar-refractivity contribution >= 4 is 27.2 Å². The molecule has 1 aromatic heterocycles. The SMILES string of the molecule is CC(C)(C)c1ccc(S(=O)(=O)Nc2ccc(Nc3ccc(F)cc3)cn2)cc1. The summed E-state index contributed by atoms with van der Waals surface area (Å²) in [5, 5.41) is 3.07. The van der Waals surface area contributed by atoms with Crippen molar-refractivity contribution in [3.05, 3.63) is 78.2 Å². The second-order valence-electron chi connectivity index (χ2n) is 7.44. The molecule has 1 heterocycles. The lowest BCUT2D eigenvalue weighted by Crippen LogP contribution is -2.15. The van der Waals surface area contributed by atoms with Gasteiger partial charge in [-0.2, -0.15) is 0 Å². The van der Waals surface area contributed by atoms with Crippen LogP contribution in [0.25, 0.3) is 0 Å². The zero-order chi connectivity index (χ0) is 20.4. The van der Waals surface area contributed by atoms with Crippen LogP contribution in [0.2, 0.25) is 0 Å². The van der Waals surface area contributed by atoms with Crippen LogP contribution in [0.3, 0.4) is 0 Å². The van der Waals surface area contributed by atoms with Crippen molar-refractivity contribution in [1.29, 1.82) is 0 Å². The molecule has 28 heavy (non-hydrogen) atoms. The third kappa shape index (κ3) is 4.86. The van der Waals surface area contributed by atoms with Crippen molar-refractivity contribution in [1.82, 2.24) is 4.98 Å². The van der Waals surface area contributed by atoms with Crippen molar-refractivity contribution in [2.75, 3.05) is 10.0 Å². The Morgan fingerprint density at radius 1 is 0.857 bits per heavy atom. The summed E-state index contributed by atoms with van der Waals surface area (Å²) >= 11 is 0. The van der Waals surface area contributed by atoms with Crippen LogP contribution in [0, 0.1) is 5.82 Å². The molecule has 2 N–H and O–H groups in total. The number of hydrogen-bond donors (Lipinski definition) is 2. The highest BCUT2D eigenvalue weighted by Crippen LogP contribution is 2.24. The minimum absolute atomic E-state index is 0.0510. The molecular formula is C21H22FN3O2S. The van der Waals surface area contributed by atoms with E-state index in [-0.39, 0.29) is 21.9 Å². The number of benzene rings is 2. The Morgan fingerprint density at radius 2 is 1.46 bits per heavy atom. The number of nitrogens with zero attached hydrogens (tertiary/aromatic N) is 1. The minimum Gasteiger partial charge on any atom is -0.354 e. The van der Waals surface area contributed by atoms with Crippen molar-refractivity contribution in [3.63, 3.8) is 0 Å². The summed E-state index contributed by atoms with van der Waals surface area (Å²) in [6, 6.07) is 16.0. The van der Waals surface area contributed by atoms with Crippen LogP contribution in [-0.2, 0) is 15.4 Å². The van der Waals surface area contributed by atoms with Crippen molar-refractivity contribution in [3.8, 4) is 0 Å². The van der Waals surface area contributed by atoms with E-state index in [1.54, 1.807) is 36.4 Å². The summed E-state index contributed by atoms with van der Waals surface area (Å²) in [7, 11) is -3.73. The predicted molar refractivity (Wildman–Crippen MR) is 110 cm³/mol. The highest BCUT2D eigenvalue weighted by atomic mass is 32.2. The van der Waals surface area contributed by atoms with E-state index in [0.29, 0.717) is 11.4 Å². The van der Waals surface area contributed by atoms with Crippen molar-refractivity contribution in [2.24, 2.45) is 0 Å². The molecule has 0 saturated carbocycles. The van der Waals surface area contributed by atoms with Crippen molar-refractivity contribution in [2.45, 2.75) is 31.1 Å². The summed E-state index contributed by atoms with van der Waals surface area (Å²) in [5.41, 5.74) is 2.37. The van der Waals surface area contributed by atoms with Crippen LogP contribution < -0.4 is 10.0 Å². The first-order chi connectivity index (χ1) is 13.1. The van der Waals surface area contributed by atoms with Gasteiger partial charge in [-0.15, -0.1) is 0 Å². The molecule has 0 unspecified atom stereocenters. The highest BCUT2D eigenvalue weighted by Gasteiger charge is 2.18. The third-order valence-electron chi connectivity index (χ3n) is 4.17. The van der Waals surface area contributed by atoms with E-state index in [1.807, 2.05) is 12.1 Å². The summed E-state index contributed by atoms with van der Waals surface area (Å²) in [4.78, 5) is 4.31. The average molecular weight is 399 g/mol. The first-order valence-corrected chi connectivity index (χ1v) is 10.2. The van der Waals surface area contributed by atoms with Crippen LogP contribution in [0.15, 0.2) is 71.8 Å². The average Bonchev–Trinajstić information content (AvgIpc) is 2.64. The predicted octanol–water partition coefficient (Wildman–Crippen LogP) is 5.06. The number of nitrogens with one attached hydrogen (secondary N) is 2. The molecule has 0 aliphatic rings. The topological polar surface area (TPSA) is 71.1 Å². The molecule has 0 fully saturated rings. The molecule has 7 heteroatoms. The highest BCUT2D eigenvalue weighted by molar-refractivity contribution is 7.92. The first-order valence-electron chi connectivity index (χ1n) is 8.75. The normalized spacial score (nSPS) is 11.9. The zero-order valence-electron chi connectivity index (χ0n) is 15.9. The smallest absolute Gasteiger partial charge is 0.263 e. The fourth-order valence-electron chi connectivity index (χ4n) is 2.56. The molecular weight excluding hydrogens is 377 g/mol. The van der Waals surface area contributed by atoms with Crippen LogP contribution in [-0.4, -0.2) is 13.4 Å². The molecule has 0 bridgehead atoms. The Kier molecular flexibility index (Phi) is 5.38. The molecule has 0 spiro atoms. The number of halogens is 1. The van der Waals surface area contributed by atoms with E-state index in [1.165, 1.54) is 18.3 Å². The Balaban J connectivity index is 1.71. The number of anilines is 3. The Labute approximate surface area is 164 Å². The van der Waals surface area contributed by atoms with Gasteiger partial charge in [-0.1, -0.05) is 32.9 Å². The standard InChI is InChI=1S/C21H22FN3O2S/c1-21(2,3)15-4-11-19(12-5-15)28(26,27)25-20-13-10-18(14-23-20)24-17-8-6-16(22)7-9-17/h4-14,24H,1-3H3,(H,23,25). The Morgan fingerprint density at radius 3 is 2.00 bits per heavy atom. The van der Waals surface area contributed by atoms with Gasteiger partial charge in [0.2, 0.25) is 0 Å². The maximum atomic E-state index is 13.0. The molecule has 2 aromatic carbocycles. The molecule has 5 nitrogen and oxygen atoms in total. The fourth-order valence-corrected chi connectivity index (χ4v) is 3.57. The summed E-state index contributed by atoms with van der Waals surface area (Å²) < 4.78 is 40.6. The van der Waals surface area contributed by atoms with Gasteiger partial charge in [-0.25, -0.2) is 17.8 Å². The number of hydrogen-bond acceptors (Lipinski definition) is 4. The van der Waals surface area contributed by atoms with Crippen LogP contribution >= 0.6 is 0 Å². The maximum Gasteiger partial charge on any atom is 0.263 e. The molecule has 0 aliphatic heterocycles. The molecule has 0 atom stereocenters. The molecule has 0 aliphatic carbocycles. The second-order valence-corrected chi connectivity index (χ2v) is 9.13. The summed E-state index contributed by atoms with van der Waals surface area (Å²) in [5.74, 6) is -0.103. The zero-order valence-corrected chi connectivity index (χ0v) is 16.7. The quantitative estimate of drug-likeness (QED) is 0.629. The van der Waals surface area contributed by atoms with E-state index < -0.39 is 10.0 Å². The van der Waals surface area contributed by atoms with Gasteiger partial charge in [0.1, 0.15) is 11.6 Å². The monoisotopic (exact) mass is 399 g/mol. The van der Waals surface area contributed by atoms with Gasteiger partial charge < -0.3 is 5.32 Å². The number of sulfonamides is 1. The van der Waals surface area contributed by atoms with E-state index in [9.17, 15) is 12.8 Å². The largest absolute Gasteiger partial charge is 0.354 e. The van der Waals surface area contributed by atoms with Gasteiger partial charge in [0.05, 0.1) is 16.8 Å². The summed E-state index contributed by atoms with van der Waals surface area (Å²) in [6.07, 6.45) is 1.50. The minimum atomic E-state index is -3.73. The lowest BCUT2D eigenvalue weighted by molar-refractivity contribution is 0.587. The molecule has 0 radical (unpaired) electrons. The number of aromatic nitrogens is 1. The van der Waals surface area contributed by atoms with E-state index in [0.717, 1.165) is 5.56 Å². The summed E-state index contributed by atoms with van der Waals surface area (Å²) in [6.45, 7) is 6.21. The lowest BCUT2D eigenvalue weighted by atomic mass is 9.87. The molecule has 146 valence electrons. The van der Waals surface area contributed by atoms with Crippen LogP contribution in [0.5, 0.6) is 0 Å². The third-order valence-corrected chi connectivity index (χ3v) is 5.54. The first kappa shape index (κ1) is 19.8.